The standard InChI is InChI=1S/C21H20N4O2S/c1-2-24-19(18(23-21(24)28)16-6-3-4-12-22-16)17-7-5-13-25(17)15-10-8-14(9-11-15)20(26)27/h3-13,18-19H,2H2,1H3,(H,23,28)(H,26,27)/t18-,19+/m1/s1. The maximum absolute atomic E-state index is 11.1. The smallest absolute Gasteiger partial charge is 0.335 e. The Balaban J connectivity index is 1.77. The topological polar surface area (TPSA) is 70.4 Å². The Kier molecular flexibility index (Phi) is 4.83. The van der Waals surface area contributed by atoms with Crippen LogP contribution in [0.4, 0.5) is 0 Å². The normalized spacial score (nSPS) is 18.9. The van der Waals surface area contributed by atoms with Gasteiger partial charge in [-0.05, 0) is 67.7 Å². The van der Waals surface area contributed by atoms with E-state index in [1.165, 1.54) is 0 Å². The predicted molar refractivity (Wildman–Crippen MR) is 111 cm³/mol. The highest BCUT2D eigenvalue weighted by molar-refractivity contribution is 7.80. The second-order valence-corrected chi connectivity index (χ2v) is 6.95. The fourth-order valence-corrected chi connectivity index (χ4v) is 4.07. The number of pyridine rings is 1. The Morgan fingerprint density at radius 3 is 2.61 bits per heavy atom. The van der Waals surface area contributed by atoms with E-state index in [-0.39, 0.29) is 17.6 Å². The van der Waals surface area contributed by atoms with Gasteiger partial charge in [0.25, 0.3) is 0 Å². The van der Waals surface area contributed by atoms with Crippen molar-refractivity contribution in [2.24, 2.45) is 0 Å². The molecule has 1 aliphatic rings. The van der Waals surface area contributed by atoms with Crippen LogP contribution in [0.1, 0.15) is 40.8 Å². The number of nitrogens with one attached hydrogen (secondary N) is 1. The number of nitrogens with zero attached hydrogens (tertiary/aromatic N) is 3. The molecule has 2 N–H and O–H groups in total. The highest BCUT2D eigenvalue weighted by Crippen LogP contribution is 2.39. The van der Waals surface area contributed by atoms with Crippen LogP contribution < -0.4 is 5.32 Å². The molecule has 0 unspecified atom stereocenters. The first-order valence-electron chi connectivity index (χ1n) is 9.09. The lowest BCUT2D eigenvalue weighted by atomic mass is 10.0. The molecule has 0 aliphatic carbocycles. The van der Waals surface area contributed by atoms with Crippen LogP contribution in [0.15, 0.2) is 67.0 Å². The van der Waals surface area contributed by atoms with Crippen molar-refractivity contribution in [3.05, 3.63) is 83.9 Å². The zero-order chi connectivity index (χ0) is 19.7. The molecule has 6 nitrogen and oxygen atoms in total. The molecule has 1 fully saturated rings. The number of hydrogen-bond donors (Lipinski definition) is 2. The van der Waals surface area contributed by atoms with Crippen LogP contribution in [-0.2, 0) is 0 Å². The molecule has 142 valence electrons. The number of likely N-dealkylation sites (N-methyl/N-ethyl adjacent to an activating group) is 1. The second kappa shape index (κ2) is 7.44. The van der Waals surface area contributed by atoms with Gasteiger partial charge in [-0.25, -0.2) is 4.79 Å². The molecular formula is C21H20N4O2S. The molecule has 0 radical (unpaired) electrons. The predicted octanol–water partition coefficient (Wildman–Crippen LogP) is 3.56. The summed E-state index contributed by atoms with van der Waals surface area (Å²) in [4.78, 5) is 17.8. The number of benzene rings is 1. The van der Waals surface area contributed by atoms with Crippen LogP contribution in [0.5, 0.6) is 0 Å². The van der Waals surface area contributed by atoms with Crippen LogP contribution in [0.25, 0.3) is 5.69 Å². The minimum atomic E-state index is -0.933. The van der Waals surface area contributed by atoms with Crippen molar-refractivity contribution >= 4 is 23.3 Å². The Labute approximate surface area is 168 Å². The molecule has 2 atom stereocenters. The van der Waals surface area contributed by atoms with Crippen molar-refractivity contribution in [1.29, 1.82) is 0 Å². The van der Waals surface area contributed by atoms with Crippen molar-refractivity contribution in [3.63, 3.8) is 0 Å². The fraction of sp³-hybridized carbons (Fsp3) is 0.190. The molecule has 1 saturated heterocycles. The molecule has 1 aliphatic heterocycles. The number of aromatic carboxylic acids is 1. The minimum Gasteiger partial charge on any atom is -0.478 e. The Morgan fingerprint density at radius 2 is 1.96 bits per heavy atom. The molecule has 4 rings (SSSR count). The number of carbonyl (C=O) groups is 1. The quantitative estimate of drug-likeness (QED) is 0.647. The van der Waals surface area contributed by atoms with Crippen molar-refractivity contribution in [2.75, 3.05) is 6.54 Å². The summed E-state index contributed by atoms with van der Waals surface area (Å²) in [6.45, 7) is 2.85. The van der Waals surface area contributed by atoms with E-state index < -0.39 is 5.97 Å². The molecule has 28 heavy (non-hydrogen) atoms. The summed E-state index contributed by atoms with van der Waals surface area (Å²) in [6.07, 6.45) is 3.77. The van der Waals surface area contributed by atoms with Gasteiger partial charge in [0.1, 0.15) is 0 Å². The molecule has 7 heteroatoms. The summed E-state index contributed by atoms with van der Waals surface area (Å²) in [6, 6.07) is 16.7. The lowest BCUT2D eigenvalue weighted by Gasteiger charge is -2.28. The SMILES string of the molecule is CCN1C(=S)N[C@H](c2ccccn2)[C@@H]1c1cccn1-c1ccc(C(=O)O)cc1. The van der Waals surface area contributed by atoms with E-state index in [1.54, 1.807) is 18.3 Å². The molecule has 0 spiro atoms. The molecule has 3 heterocycles. The number of rotatable bonds is 5. The summed E-state index contributed by atoms with van der Waals surface area (Å²) in [5, 5.41) is 13.3. The van der Waals surface area contributed by atoms with Crippen molar-refractivity contribution in [3.8, 4) is 5.69 Å². The fourth-order valence-electron chi connectivity index (χ4n) is 3.70. The zero-order valence-corrected chi connectivity index (χ0v) is 16.1. The third kappa shape index (κ3) is 3.14. The third-order valence-corrected chi connectivity index (χ3v) is 5.37. The van der Waals surface area contributed by atoms with Gasteiger partial charge in [0.2, 0.25) is 0 Å². The first-order chi connectivity index (χ1) is 13.6. The number of carboxylic acids is 1. The Bertz CT molecular complexity index is 1000. The molecule has 3 aromatic rings. The molecule has 0 saturated carbocycles. The zero-order valence-electron chi connectivity index (χ0n) is 15.3. The Morgan fingerprint density at radius 1 is 1.18 bits per heavy atom. The van der Waals surface area contributed by atoms with E-state index in [2.05, 4.69) is 32.8 Å². The minimum absolute atomic E-state index is 0.0263. The molecule has 2 aromatic heterocycles. The van der Waals surface area contributed by atoms with E-state index in [0.29, 0.717) is 5.11 Å². The molecule has 0 bridgehead atoms. The Hall–Kier alpha value is -3.19. The lowest BCUT2D eigenvalue weighted by Crippen LogP contribution is -2.30. The first-order valence-corrected chi connectivity index (χ1v) is 9.50. The van der Waals surface area contributed by atoms with Gasteiger partial charge < -0.3 is 19.9 Å². The van der Waals surface area contributed by atoms with Crippen LogP contribution in [0.2, 0.25) is 0 Å². The largest absolute Gasteiger partial charge is 0.478 e. The summed E-state index contributed by atoms with van der Waals surface area (Å²) in [5.74, 6) is -0.933. The maximum Gasteiger partial charge on any atom is 0.335 e. The molecule has 1 aromatic carbocycles. The van der Waals surface area contributed by atoms with E-state index in [9.17, 15) is 4.79 Å². The van der Waals surface area contributed by atoms with Gasteiger partial charge in [0.15, 0.2) is 5.11 Å². The molecule has 0 amide bonds. The summed E-state index contributed by atoms with van der Waals surface area (Å²) in [5.41, 5.74) is 3.16. The van der Waals surface area contributed by atoms with Crippen LogP contribution in [-0.4, -0.2) is 37.2 Å². The number of aromatic nitrogens is 2. The van der Waals surface area contributed by atoms with Gasteiger partial charge in [0, 0.05) is 30.3 Å². The summed E-state index contributed by atoms with van der Waals surface area (Å²) < 4.78 is 2.07. The van der Waals surface area contributed by atoms with Crippen molar-refractivity contribution in [1.82, 2.24) is 19.8 Å². The van der Waals surface area contributed by atoms with Gasteiger partial charge >= 0.3 is 5.97 Å². The molecular weight excluding hydrogens is 372 g/mol. The first kappa shape index (κ1) is 18.2. The van der Waals surface area contributed by atoms with Crippen molar-refractivity contribution in [2.45, 2.75) is 19.0 Å². The second-order valence-electron chi connectivity index (χ2n) is 6.57. The third-order valence-electron chi connectivity index (χ3n) is 5.01. The average molecular weight is 392 g/mol. The van der Waals surface area contributed by atoms with Crippen molar-refractivity contribution < 1.29 is 9.90 Å². The van der Waals surface area contributed by atoms with E-state index >= 15 is 0 Å². The van der Waals surface area contributed by atoms with Gasteiger partial charge in [-0.2, -0.15) is 0 Å². The van der Waals surface area contributed by atoms with Gasteiger partial charge in [-0.3, -0.25) is 4.98 Å². The summed E-state index contributed by atoms with van der Waals surface area (Å²) in [7, 11) is 0. The van der Waals surface area contributed by atoms with Gasteiger partial charge in [0.05, 0.1) is 23.3 Å². The van der Waals surface area contributed by atoms with Crippen LogP contribution >= 0.6 is 12.2 Å². The highest BCUT2D eigenvalue weighted by Gasteiger charge is 2.40. The maximum atomic E-state index is 11.1. The van der Waals surface area contributed by atoms with Crippen LogP contribution in [0, 0.1) is 0 Å². The lowest BCUT2D eigenvalue weighted by molar-refractivity contribution is 0.0697. The van der Waals surface area contributed by atoms with E-state index in [4.69, 9.17) is 17.3 Å². The highest BCUT2D eigenvalue weighted by atomic mass is 32.1. The average Bonchev–Trinajstić information content (AvgIpc) is 3.32. The van der Waals surface area contributed by atoms with Gasteiger partial charge in [-0.15, -0.1) is 0 Å². The summed E-state index contributed by atoms with van der Waals surface area (Å²) >= 11 is 5.59. The van der Waals surface area contributed by atoms with E-state index in [1.807, 2.05) is 42.6 Å². The van der Waals surface area contributed by atoms with Gasteiger partial charge in [-0.1, -0.05) is 6.07 Å². The van der Waals surface area contributed by atoms with Crippen LogP contribution in [0.3, 0.4) is 0 Å². The number of thiocarbonyl (C=S) groups is 1. The van der Waals surface area contributed by atoms with E-state index in [0.717, 1.165) is 23.6 Å². The number of carboxylic acid groups (broad SMARTS) is 1. The monoisotopic (exact) mass is 392 g/mol. The number of hydrogen-bond acceptors (Lipinski definition) is 3.